The molecule has 30 heavy (non-hydrogen) atoms. The normalized spacial score (nSPS) is 11.7. The summed E-state index contributed by atoms with van der Waals surface area (Å²) in [6, 6.07) is 15.8. The average Bonchev–Trinajstić information content (AvgIpc) is 2.75. The van der Waals surface area contributed by atoms with Crippen molar-refractivity contribution in [1.29, 1.82) is 0 Å². The Kier molecular flexibility index (Phi) is 6.29. The molecule has 0 aliphatic heterocycles. The quantitative estimate of drug-likeness (QED) is 0.495. The summed E-state index contributed by atoms with van der Waals surface area (Å²) in [5.74, 6) is -1.16. The third kappa shape index (κ3) is 4.72. The van der Waals surface area contributed by atoms with Crippen LogP contribution in [0.25, 0.3) is 22.2 Å². The minimum atomic E-state index is -4.92. The minimum absolute atomic E-state index is 0.148. The van der Waals surface area contributed by atoms with Gasteiger partial charge in [-0.15, -0.1) is 0 Å². The molecule has 0 saturated heterocycles. The van der Waals surface area contributed by atoms with E-state index in [2.05, 4.69) is 18.8 Å². The highest BCUT2D eigenvalue weighted by atomic mass is 19.4. The van der Waals surface area contributed by atoms with Gasteiger partial charge in [0, 0.05) is 29.8 Å². The van der Waals surface area contributed by atoms with Gasteiger partial charge in [-0.25, -0.2) is 4.98 Å². The molecule has 0 fully saturated rings. The summed E-state index contributed by atoms with van der Waals surface area (Å²) in [5, 5.41) is 0.961. The Balaban J connectivity index is 1.86. The number of alkyl halides is 3. The fourth-order valence-electron chi connectivity index (χ4n) is 3.14. The standard InChI is InChI=1S/C23H23F3N2O2/c1-4-18(5-2)30-19-12-8-16-9-13-20(27-21(16)14-19)15-6-10-17(11-7-15)28(3)22(29)23(24,25)26/h6-14,18H,4-5H2,1-3H3. The molecule has 3 aromatic rings. The summed E-state index contributed by atoms with van der Waals surface area (Å²) >= 11 is 0. The first-order valence-electron chi connectivity index (χ1n) is 9.75. The van der Waals surface area contributed by atoms with E-state index in [-0.39, 0.29) is 11.8 Å². The zero-order chi connectivity index (χ0) is 21.9. The summed E-state index contributed by atoms with van der Waals surface area (Å²) in [6.07, 6.45) is -2.93. The maximum Gasteiger partial charge on any atom is 0.471 e. The second-order valence-electron chi connectivity index (χ2n) is 7.02. The molecule has 0 spiro atoms. The Morgan fingerprint density at radius 1 is 1.03 bits per heavy atom. The largest absolute Gasteiger partial charge is 0.490 e. The number of nitrogens with zero attached hydrogens (tertiary/aromatic N) is 2. The van der Waals surface area contributed by atoms with Crippen LogP contribution in [0.4, 0.5) is 18.9 Å². The first-order chi connectivity index (χ1) is 14.2. The van der Waals surface area contributed by atoms with Crippen LogP contribution >= 0.6 is 0 Å². The van der Waals surface area contributed by atoms with Crippen LogP contribution in [0.5, 0.6) is 5.75 Å². The number of amides is 1. The van der Waals surface area contributed by atoms with Crippen molar-refractivity contribution in [2.24, 2.45) is 0 Å². The number of hydrogen-bond donors (Lipinski definition) is 0. The van der Waals surface area contributed by atoms with Crippen molar-refractivity contribution in [3.63, 3.8) is 0 Å². The Hall–Kier alpha value is -3.09. The molecule has 0 aliphatic carbocycles. The van der Waals surface area contributed by atoms with Crippen molar-refractivity contribution in [1.82, 2.24) is 4.98 Å². The summed E-state index contributed by atoms with van der Waals surface area (Å²) < 4.78 is 43.9. The lowest BCUT2D eigenvalue weighted by molar-refractivity contribution is -0.170. The lowest BCUT2D eigenvalue weighted by Gasteiger charge is -2.19. The SMILES string of the molecule is CCC(CC)Oc1ccc2ccc(-c3ccc(N(C)C(=O)C(F)(F)F)cc3)nc2c1. The molecule has 0 saturated carbocycles. The number of benzene rings is 2. The molecule has 158 valence electrons. The number of carbonyl (C=O) groups is 1. The van der Waals surface area contributed by atoms with Gasteiger partial charge < -0.3 is 9.64 Å². The van der Waals surface area contributed by atoms with Gasteiger partial charge in [0.1, 0.15) is 5.75 Å². The number of carbonyl (C=O) groups excluding carboxylic acids is 1. The molecule has 0 aliphatic rings. The van der Waals surface area contributed by atoms with E-state index < -0.39 is 12.1 Å². The van der Waals surface area contributed by atoms with Crippen molar-refractivity contribution in [2.45, 2.75) is 39.0 Å². The highest BCUT2D eigenvalue weighted by Gasteiger charge is 2.41. The van der Waals surface area contributed by atoms with Crippen molar-refractivity contribution >= 4 is 22.5 Å². The molecule has 2 aromatic carbocycles. The van der Waals surface area contributed by atoms with E-state index in [1.807, 2.05) is 30.3 Å². The highest BCUT2D eigenvalue weighted by Crippen LogP contribution is 2.28. The van der Waals surface area contributed by atoms with Crippen LogP contribution in [0.15, 0.2) is 54.6 Å². The second-order valence-corrected chi connectivity index (χ2v) is 7.02. The smallest absolute Gasteiger partial charge is 0.471 e. The zero-order valence-electron chi connectivity index (χ0n) is 17.0. The van der Waals surface area contributed by atoms with Crippen LogP contribution < -0.4 is 9.64 Å². The molecule has 1 amide bonds. The summed E-state index contributed by atoms with van der Waals surface area (Å²) in [7, 11) is 1.10. The monoisotopic (exact) mass is 416 g/mol. The van der Waals surface area contributed by atoms with E-state index in [4.69, 9.17) is 4.74 Å². The van der Waals surface area contributed by atoms with Gasteiger partial charge in [-0.1, -0.05) is 32.0 Å². The predicted molar refractivity (Wildman–Crippen MR) is 112 cm³/mol. The molecular formula is C23H23F3N2O2. The van der Waals surface area contributed by atoms with E-state index in [9.17, 15) is 18.0 Å². The summed E-state index contributed by atoms with van der Waals surface area (Å²) in [6.45, 7) is 4.16. The lowest BCUT2D eigenvalue weighted by atomic mass is 10.1. The molecule has 3 rings (SSSR count). The number of hydrogen-bond acceptors (Lipinski definition) is 3. The average molecular weight is 416 g/mol. The number of aromatic nitrogens is 1. The molecule has 0 bridgehead atoms. The number of pyridine rings is 1. The van der Waals surface area contributed by atoms with Crippen LogP contribution in [-0.2, 0) is 4.79 Å². The van der Waals surface area contributed by atoms with Crippen LogP contribution in [0, 0.1) is 0 Å². The zero-order valence-corrected chi connectivity index (χ0v) is 17.0. The first kappa shape index (κ1) is 21.6. The molecule has 0 N–H and O–H groups in total. The number of fused-ring (bicyclic) bond motifs is 1. The Morgan fingerprint density at radius 2 is 1.67 bits per heavy atom. The molecule has 4 nitrogen and oxygen atoms in total. The van der Waals surface area contributed by atoms with E-state index in [1.54, 1.807) is 12.1 Å². The van der Waals surface area contributed by atoms with Crippen LogP contribution in [-0.4, -0.2) is 30.2 Å². The molecule has 0 unspecified atom stereocenters. The number of rotatable bonds is 6. The number of ether oxygens (including phenoxy) is 1. The molecule has 0 radical (unpaired) electrons. The second kappa shape index (κ2) is 8.73. The van der Waals surface area contributed by atoms with Gasteiger partial charge in [-0.05, 0) is 43.2 Å². The van der Waals surface area contributed by atoms with Crippen molar-refractivity contribution in [3.05, 3.63) is 54.6 Å². The maximum atomic E-state index is 12.6. The Labute approximate surface area is 173 Å². The maximum absolute atomic E-state index is 12.6. The van der Waals surface area contributed by atoms with Gasteiger partial charge in [0.25, 0.3) is 0 Å². The van der Waals surface area contributed by atoms with Gasteiger partial charge in [-0.3, -0.25) is 4.79 Å². The van der Waals surface area contributed by atoms with Crippen molar-refractivity contribution in [3.8, 4) is 17.0 Å². The van der Waals surface area contributed by atoms with Gasteiger partial charge in [0.05, 0.1) is 17.3 Å². The number of anilines is 1. The van der Waals surface area contributed by atoms with Crippen LogP contribution in [0.1, 0.15) is 26.7 Å². The van der Waals surface area contributed by atoms with E-state index in [0.29, 0.717) is 10.6 Å². The molecule has 1 heterocycles. The first-order valence-corrected chi connectivity index (χ1v) is 9.75. The third-order valence-electron chi connectivity index (χ3n) is 4.97. The fraction of sp³-hybridized carbons (Fsp3) is 0.304. The summed E-state index contributed by atoms with van der Waals surface area (Å²) in [5.41, 5.74) is 2.34. The van der Waals surface area contributed by atoms with E-state index in [1.165, 1.54) is 12.1 Å². The van der Waals surface area contributed by atoms with Gasteiger partial charge in [-0.2, -0.15) is 13.2 Å². The highest BCUT2D eigenvalue weighted by molar-refractivity contribution is 5.97. The van der Waals surface area contributed by atoms with Crippen LogP contribution in [0.3, 0.4) is 0 Å². The lowest BCUT2D eigenvalue weighted by Crippen LogP contribution is -2.38. The summed E-state index contributed by atoms with van der Waals surface area (Å²) in [4.78, 5) is 16.7. The predicted octanol–water partition coefficient (Wildman–Crippen LogP) is 5.99. The number of halogens is 3. The van der Waals surface area contributed by atoms with Gasteiger partial charge in [0.2, 0.25) is 0 Å². The molecule has 7 heteroatoms. The van der Waals surface area contributed by atoms with Gasteiger partial charge in [0.15, 0.2) is 0 Å². The Morgan fingerprint density at radius 3 is 2.27 bits per heavy atom. The topological polar surface area (TPSA) is 42.4 Å². The minimum Gasteiger partial charge on any atom is -0.490 e. The van der Waals surface area contributed by atoms with Crippen LogP contribution in [0.2, 0.25) is 0 Å². The van der Waals surface area contributed by atoms with Crippen molar-refractivity contribution in [2.75, 3.05) is 11.9 Å². The third-order valence-corrected chi connectivity index (χ3v) is 4.97. The Bertz CT molecular complexity index is 1030. The van der Waals surface area contributed by atoms with E-state index in [0.717, 1.165) is 42.1 Å². The molecular weight excluding hydrogens is 393 g/mol. The van der Waals surface area contributed by atoms with E-state index >= 15 is 0 Å². The molecule has 0 atom stereocenters. The fourth-order valence-corrected chi connectivity index (χ4v) is 3.14. The van der Waals surface area contributed by atoms with Gasteiger partial charge >= 0.3 is 12.1 Å². The molecule has 1 aromatic heterocycles. The van der Waals surface area contributed by atoms with Crippen molar-refractivity contribution < 1.29 is 22.7 Å².